The van der Waals surface area contributed by atoms with E-state index >= 15 is 0 Å². The maximum absolute atomic E-state index is 11.2. The number of amides is 1. The van der Waals surface area contributed by atoms with Crippen molar-refractivity contribution in [2.24, 2.45) is 5.73 Å². The highest BCUT2D eigenvalue weighted by Crippen LogP contribution is 1.96. The van der Waals surface area contributed by atoms with E-state index in [1.54, 1.807) is 0 Å². The lowest BCUT2D eigenvalue weighted by atomic mass is 10.1. The van der Waals surface area contributed by atoms with Gasteiger partial charge in [-0.1, -0.05) is 0 Å². The Morgan fingerprint density at radius 1 is 1.20 bits per heavy atom. The molecule has 15 heavy (non-hydrogen) atoms. The van der Waals surface area contributed by atoms with Crippen molar-refractivity contribution < 1.29 is 24.9 Å². The Hall–Kier alpha value is -1.18. The van der Waals surface area contributed by atoms with E-state index in [9.17, 15) is 9.59 Å². The number of carbonyl (C=O) groups is 2. The van der Waals surface area contributed by atoms with E-state index < -0.39 is 36.2 Å². The Morgan fingerprint density at radius 3 is 1.93 bits per heavy atom. The Balaban J connectivity index is 4.43. The molecule has 6 N–H and O–H groups in total. The monoisotopic (exact) mass is 220 g/mol. The second-order valence-corrected chi connectivity index (χ2v) is 3.33. The van der Waals surface area contributed by atoms with Gasteiger partial charge >= 0.3 is 5.97 Å². The lowest BCUT2D eigenvalue weighted by Crippen LogP contribution is -2.55. The molecule has 0 fully saturated rings. The van der Waals surface area contributed by atoms with Crippen molar-refractivity contribution in [3.05, 3.63) is 0 Å². The third kappa shape index (κ3) is 4.24. The highest BCUT2D eigenvalue weighted by Gasteiger charge is 2.28. The molecular weight excluding hydrogens is 204 g/mol. The normalized spacial score (nSPS) is 18.7. The van der Waals surface area contributed by atoms with Gasteiger partial charge in [0.05, 0.1) is 12.2 Å². The zero-order chi connectivity index (χ0) is 12.2. The highest BCUT2D eigenvalue weighted by atomic mass is 16.4. The predicted molar refractivity (Wildman–Crippen MR) is 50.9 cm³/mol. The lowest BCUT2D eigenvalue weighted by Gasteiger charge is -2.20. The van der Waals surface area contributed by atoms with Crippen LogP contribution in [-0.2, 0) is 9.59 Å². The van der Waals surface area contributed by atoms with E-state index in [0.29, 0.717) is 0 Å². The molecule has 1 amide bonds. The molecule has 0 aliphatic carbocycles. The van der Waals surface area contributed by atoms with Gasteiger partial charge in [0, 0.05) is 0 Å². The number of aliphatic hydroxyl groups excluding tert-OH is 2. The Kier molecular flexibility index (Phi) is 5.20. The van der Waals surface area contributed by atoms with Gasteiger partial charge in [0.15, 0.2) is 6.04 Å². The standard InChI is InChI=1S/C8H16N2O5/c1-3(11)5(9)7(13)10-6(4(2)12)8(14)15/h3-6,11-12H,9H2,1-2H3,(H,10,13)(H,14,15)/t3-,4+,5+,6+/m1/s1. The highest BCUT2D eigenvalue weighted by molar-refractivity contribution is 5.87. The Bertz CT molecular complexity index is 241. The number of rotatable bonds is 5. The second kappa shape index (κ2) is 5.64. The molecule has 0 aromatic heterocycles. The van der Waals surface area contributed by atoms with Gasteiger partial charge in [0.1, 0.15) is 6.04 Å². The minimum atomic E-state index is -1.43. The first-order valence-corrected chi connectivity index (χ1v) is 4.42. The summed E-state index contributed by atoms with van der Waals surface area (Å²) >= 11 is 0. The summed E-state index contributed by atoms with van der Waals surface area (Å²) in [5.74, 6) is -2.19. The third-order valence-electron chi connectivity index (χ3n) is 1.87. The summed E-state index contributed by atoms with van der Waals surface area (Å²) in [6.45, 7) is 2.54. The molecule has 4 atom stereocenters. The van der Waals surface area contributed by atoms with Crippen molar-refractivity contribution in [1.29, 1.82) is 0 Å². The number of nitrogens with one attached hydrogen (secondary N) is 1. The second-order valence-electron chi connectivity index (χ2n) is 3.33. The van der Waals surface area contributed by atoms with Crippen molar-refractivity contribution in [3.63, 3.8) is 0 Å². The molecule has 88 valence electrons. The van der Waals surface area contributed by atoms with Gasteiger partial charge in [-0.2, -0.15) is 0 Å². The molecule has 0 saturated carbocycles. The van der Waals surface area contributed by atoms with Gasteiger partial charge in [0.25, 0.3) is 0 Å². The minimum Gasteiger partial charge on any atom is -0.480 e. The fourth-order valence-corrected chi connectivity index (χ4v) is 0.857. The summed E-state index contributed by atoms with van der Waals surface area (Å²) in [7, 11) is 0. The number of nitrogens with two attached hydrogens (primary N) is 1. The van der Waals surface area contributed by atoms with Crippen molar-refractivity contribution in [2.45, 2.75) is 38.1 Å². The summed E-state index contributed by atoms with van der Waals surface area (Å²) in [5, 5.41) is 28.7. The largest absolute Gasteiger partial charge is 0.480 e. The molecule has 0 spiro atoms. The van der Waals surface area contributed by atoms with Crippen LogP contribution in [-0.4, -0.2) is 51.5 Å². The summed E-state index contributed by atoms with van der Waals surface area (Å²) in [6.07, 6.45) is -2.33. The fraction of sp³-hybridized carbons (Fsp3) is 0.750. The molecule has 0 aromatic carbocycles. The number of aliphatic hydroxyl groups is 2. The van der Waals surface area contributed by atoms with Crippen LogP contribution in [0.1, 0.15) is 13.8 Å². The van der Waals surface area contributed by atoms with Crippen molar-refractivity contribution in [2.75, 3.05) is 0 Å². The van der Waals surface area contributed by atoms with E-state index in [4.69, 9.17) is 21.1 Å². The molecule has 7 nitrogen and oxygen atoms in total. The molecule has 0 unspecified atom stereocenters. The molecule has 0 bridgehead atoms. The molecule has 0 radical (unpaired) electrons. The van der Waals surface area contributed by atoms with Crippen LogP contribution in [0.4, 0.5) is 0 Å². The van der Waals surface area contributed by atoms with Gasteiger partial charge in [0.2, 0.25) is 5.91 Å². The number of carboxylic acids is 1. The van der Waals surface area contributed by atoms with Crippen LogP contribution >= 0.6 is 0 Å². The first-order chi connectivity index (χ1) is 6.77. The van der Waals surface area contributed by atoms with Crippen LogP contribution in [0.3, 0.4) is 0 Å². The lowest BCUT2D eigenvalue weighted by molar-refractivity contribution is -0.145. The Morgan fingerprint density at radius 2 is 1.67 bits per heavy atom. The maximum Gasteiger partial charge on any atom is 0.328 e. The molecule has 0 heterocycles. The first kappa shape index (κ1) is 13.8. The zero-order valence-electron chi connectivity index (χ0n) is 8.54. The quantitative estimate of drug-likeness (QED) is 0.352. The fourth-order valence-electron chi connectivity index (χ4n) is 0.857. The Labute approximate surface area is 86.9 Å². The topological polar surface area (TPSA) is 133 Å². The zero-order valence-corrected chi connectivity index (χ0v) is 8.54. The minimum absolute atomic E-state index is 0.821. The van der Waals surface area contributed by atoms with Gasteiger partial charge in [-0.3, -0.25) is 4.79 Å². The molecule has 0 aliphatic rings. The number of aliphatic carboxylic acids is 1. The summed E-state index contributed by atoms with van der Waals surface area (Å²) in [6, 6.07) is -2.65. The first-order valence-electron chi connectivity index (χ1n) is 4.42. The van der Waals surface area contributed by atoms with Crippen LogP contribution in [0.25, 0.3) is 0 Å². The average Bonchev–Trinajstić information content (AvgIpc) is 2.11. The summed E-state index contributed by atoms with van der Waals surface area (Å²) in [4.78, 5) is 21.8. The van der Waals surface area contributed by atoms with Gasteiger partial charge < -0.3 is 26.4 Å². The van der Waals surface area contributed by atoms with E-state index in [0.717, 1.165) is 0 Å². The molecule has 7 heteroatoms. The maximum atomic E-state index is 11.2. The van der Waals surface area contributed by atoms with Crippen molar-refractivity contribution in [1.82, 2.24) is 5.32 Å². The van der Waals surface area contributed by atoms with Crippen LogP contribution in [0.2, 0.25) is 0 Å². The smallest absolute Gasteiger partial charge is 0.328 e. The van der Waals surface area contributed by atoms with E-state index in [1.165, 1.54) is 13.8 Å². The molecule has 0 aromatic rings. The predicted octanol–water partition coefficient (Wildman–Crippen LogP) is -2.36. The number of carboxylic acid groups (broad SMARTS) is 1. The number of hydrogen-bond acceptors (Lipinski definition) is 5. The summed E-state index contributed by atoms with van der Waals surface area (Å²) in [5.41, 5.74) is 5.27. The van der Waals surface area contributed by atoms with Crippen molar-refractivity contribution >= 4 is 11.9 Å². The van der Waals surface area contributed by atoms with Crippen LogP contribution in [0.5, 0.6) is 0 Å². The van der Waals surface area contributed by atoms with Crippen LogP contribution in [0, 0.1) is 0 Å². The molecule has 0 rings (SSSR count). The van der Waals surface area contributed by atoms with Crippen LogP contribution in [0.15, 0.2) is 0 Å². The van der Waals surface area contributed by atoms with Gasteiger partial charge in [-0.15, -0.1) is 0 Å². The number of hydrogen-bond donors (Lipinski definition) is 5. The van der Waals surface area contributed by atoms with E-state index in [-0.39, 0.29) is 0 Å². The van der Waals surface area contributed by atoms with Crippen molar-refractivity contribution in [3.8, 4) is 0 Å². The summed E-state index contributed by atoms with van der Waals surface area (Å²) < 4.78 is 0. The van der Waals surface area contributed by atoms with E-state index in [2.05, 4.69) is 0 Å². The molecule has 0 saturated heterocycles. The van der Waals surface area contributed by atoms with Crippen LogP contribution < -0.4 is 11.1 Å². The molecular formula is C8H16N2O5. The SMILES string of the molecule is C[C@H](O)[C@H](NC(=O)[C@@H](N)[C@@H](C)O)C(=O)O. The molecule has 0 aliphatic heterocycles. The van der Waals surface area contributed by atoms with Gasteiger partial charge in [-0.25, -0.2) is 4.79 Å². The average molecular weight is 220 g/mol. The van der Waals surface area contributed by atoms with Gasteiger partial charge in [-0.05, 0) is 13.8 Å². The van der Waals surface area contributed by atoms with E-state index in [1.807, 2.05) is 5.32 Å². The third-order valence-corrected chi connectivity index (χ3v) is 1.87. The number of carbonyl (C=O) groups excluding carboxylic acids is 1.